The predicted octanol–water partition coefficient (Wildman–Crippen LogP) is 5.82. The summed E-state index contributed by atoms with van der Waals surface area (Å²) in [5, 5.41) is 0. The Labute approximate surface area is 139 Å². The van der Waals surface area contributed by atoms with Crippen molar-refractivity contribution >= 4 is 0 Å². The minimum absolute atomic E-state index is 0.143. The third kappa shape index (κ3) is 3.71. The first-order valence-electron chi connectivity index (χ1n) is 8.46. The zero-order valence-corrected chi connectivity index (χ0v) is 13.8. The van der Waals surface area contributed by atoms with Crippen LogP contribution in [0.5, 0.6) is 0 Å². The lowest BCUT2D eigenvalue weighted by Crippen LogP contribution is -2.31. The molecular weight excluding hydrogens is 276 g/mol. The van der Waals surface area contributed by atoms with Gasteiger partial charge in [-0.25, -0.2) is 0 Å². The van der Waals surface area contributed by atoms with E-state index in [9.17, 15) is 0 Å². The Bertz CT molecular complexity index is 657. The van der Waals surface area contributed by atoms with Gasteiger partial charge in [-0.2, -0.15) is 0 Å². The van der Waals surface area contributed by atoms with Crippen molar-refractivity contribution < 1.29 is 0 Å². The lowest BCUT2D eigenvalue weighted by Gasteiger charge is -2.34. The Morgan fingerprint density at radius 1 is 0.565 bits per heavy atom. The molecule has 0 aromatic heterocycles. The Kier molecular flexibility index (Phi) is 4.92. The average Bonchev–Trinajstić information content (AvgIpc) is 2.63. The van der Waals surface area contributed by atoms with Crippen molar-refractivity contribution in [3.8, 4) is 0 Å². The van der Waals surface area contributed by atoms with Crippen LogP contribution in [0.25, 0.3) is 0 Å². The van der Waals surface area contributed by atoms with E-state index in [2.05, 4.69) is 97.9 Å². The highest BCUT2D eigenvalue weighted by Crippen LogP contribution is 2.35. The molecule has 0 atom stereocenters. The third-order valence-electron chi connectivity index (χ3n) is 4.83. The SMILES string of the molecule is CCC(Cc1ccccc1)(Cc1ccccc1)c1ccccc1. The smallest absolute Gasteiger partial charge is 0.00310 e. The van der Waals surface area contributed by atoms with E-state index in [-0.39, 0.29) is 5.41 Å². The van der Waals surface area contributed by atoms with Gasteiger partial charge < -0.3 is 0 Å². The van der Waals surface area contributed by atoms with Gasteiger partial charge in [0.05, 0.1) is 0 Å². The lowest BCUT2D eigenvalue weighted by molar-refractivity contribution is 0.404. The summed E-state index contributed by atoms with van der Waals surface area (Å²) in [6.45, 7) is 2.32. The van der Waals surface area contributed by atoms with Gasteiger partial charge in [-0.15, -0.1) is 0 Å². The summed E-state index contributed by atoms with van der Waals surface area (Å²) < 4.78 is 0. The van der Waals surface area contributed by atoms with Crippen LogP contribution in [0.2, 0.25) is 0 Å². The zero-order chi connectivity index (χ0) is 16.0. The molecule has 0 heteroatoms. The molecule has 0 unspecified atom stereocenters. The molecule has 0 aliphatic heterocycles. The van der Waals surface area contributed by atoms with Crippen LogP contribution in [0, 0.1) is 0 Å². The molecule has 0 aliphatic rings. The number of benzene rings is 3. The van der Waals surface area contributed by atoms with Crippen molar-refractivity contribution in [3.63, 3.8) is 0 Å². The molecule has 3 aromatic rings. The lowest BCUT2D eigenvalue weighted by atomic mass is 9.69. The molecule has 0 spiro atoms. The van der Waals surface area contributed by atoms with Gasteiger partial charge in [0, 0.05) is 5.41 Å². The molecule has 23 heavy (non-hydrogen) atoms. The molecule has 0 heterocycles. The second-order valence-corrected chi connectivity index (χ2v) is 6.32. The van der Waals surface area contributed by atoms with E-state index in [0.717, 1.165) is 19.3 Å². The third-order valence-corrected chi connectivity index (χ3v) is 4.83. The quantitative estimate of drug-likeness (QED) is 0.538. The maximum Gasteiger partial charge on any atom is 0.00310 e. The monoisotopic (exact) mass is 300 g/mol. The largest absolute Gasteiger partial charge is 0.0645 e. The fraction of sp³-hybridized carbons (Fsp3) is 0.217. The fourth-order valence-electron chi connectivity index (χ4n) is 3.49. The average molecular weight is 300 g/mol. The first-order valence-corrected chi connectivity index (χ1v) is 8.46. The molecule has 0 nitrogen and oxygen atoms in total. The predicted molar refractivity (Wildman–Crippen MR) is 98.7 cm³/mol. The summed E-state index contributed by atoms with van der Waals surface area (Å²) in [7, 11) is 0. The van der Waals surface area contributed by atoms with Crippen molar-refractivity contribution in [2.75, 3.05) is 0 Å². The molecule has 0 amide bonds. The normalized spacial score (nSPS) is 11.3. The summed E-state index contributed by atoms with van der Waals surface area (Å²) in [6.07, 6.45) is 3.27. The van der Waals surface area contributed by atoms with E-state index in [1.807, 2.05) is 0 Å². The number of hydrogen-bond donors (Lipinski definition) is 0. The molecule has 3 aromatic carbocycles. The molecule has 0 N–H and O–H groups in total. The van der Waals surface area contributed by atoms with Crippen LogP contribution in [-0.2, 0) is 18.3 Å². The second-order valence-electron chi connectivity index (χ2n) is 6.32. The van der Waals surface area contributed by atoms with Crippen LogP contribution in [0.3, 0.4) is 0 Å². The molecule has 0 radical (unpaired) electrons. The Morgan fingerprint density at radius 2 is 0.957 bits per heavy atom. The molecule has 0 fully saturated rings. The van der Waals surface area contributed by atoms with Gasteiger partial charge in [0.15, 0.2) is 0 Å². The van der Waals surface area contributed by atoms with Gasteiger partial charge in [0.2, 0.25) is 0 Å². The van der Waals surface area contributed by atoms with Gasteiger partial charge in [0.1, 0.15) is 0 Å². The minimum atomic E-state index is 0.143. The van der Waals surface area contributed by atoms with Gasteiger partial charge in [-0.1, -0.05) is 97.9 Å². The van der Waals surface area contributed by atoms with Crippen LogP contribution in [-0.4, -0.2) is 0 Å². The number of hydrogen-bond acceptors (Lipinski definition) is 0. The van der Waals surface area contributed by atoms with Crippen molar-refractivity contribution in [2.45, 2.75) is 31.6 Å². The Morgan fingerprint density at radius 3 is 1.35 bits per heavy atom. The first-order chi connectivity index (χ1) is 11.3. The summed E-state index contributed by atoms with van der Waals surface area (Å²) >= 11 is 0. The highest BCUT2D eigenvalue weighted by molar-refractivity contribution is 5.33. The first kappa shape index (κ1) is 15.6. The molecule has 0 saturated carbocycles. The van der Waals surface area contributed by atoms with Crippen molar-refractivity contribution in [1.82, 2.24) is 0 Å². The molecular formula is C23H24. The minimum Gasteiger partial charge on any atom is -0.0645 e. The van der Waals surface area contributed by atoms with E-state index in [1.165, 1.54) is 16.7 Å². The van der Waals surface area contributed by atoms with Crippen molar-refractivity contribution in [3.05, 3.63) is 108 Å². The van der Waals surface area contributed by atoms with E-state index < -0.39 is 0 Å². The van der Waals surface area contributed by atoms with Gasteiger partial charge >= 0.3 is 0 Å². The van der Waals surface area contributed by atoms with Crippen molar-refractivity contribution in [1.29, 1.82) is 0 Å². The Balaban J connectivity index is 2.00. The summed E-state index contributed by atoms with van der Waals surface area (Å²) in [5.74, 6) is 0. The molecule has 0 saturated heterocycles. The highest BCUT2D eigenvalue weighted by atomic mass is 14.3. The van der Waals surface area contributed by atoms with E-state index in [0.29, 0.717) is 0 Å². The van der Waals surface area contributed by atoms with Gasteiger partial charge in [-0.3, -0.25) is 0 Å². The fourth-order valence-corrected chi connectivity index (χ4v) is 3.49. The van der Waals surface area contributed by atoms with Crippen LogP contribution in [0.1, 0.15) is 30.0 Å². The zero-order valence-electron chi connectivity index (χ0n) is 13.8. The summed E-state index contributed by atoms with van der Waals surface area (Å²) in [4.78, 5) is 0. The molecule has 3 rings (SSSR count). The molecule has 0 aliphatic carbocycles. The van der Waals surface area contributed by atoms with Crippen LogP contribution in [0.4, 0.5) is 0 Å². The van der Waals surface area contributed by atoms with Crippen LogP contribution >= 0.6 is 0 Å². The second kappa shape index (κ2) is 7.28. The van der Waals surface area contributed by atoms with Crippen molar-refractivity contribution in [2.24, 2.45) is 0 Å². The number of rotatable bonds is 6. The van der Waals surface area contributed by atoms with Gasteiger partial charge in [0.25, 0.3) is 0 Å². The maximum absolute atomic E-state index is 2.32. The standard InChI is InChI=1S/C23H24/c1-2-23(22-16-10-5-11-17-22,18-20-12-6-3-7-13-20)19-21-14-8-4-9-15-21/h3-17H,2,18-19H2,1H3. The van der Waals surface area contributed by atoms with E-state index in [1.54, 1.807) is 0 Å². The summed E-state index contributed by atoms with van der Waals surface area (Å²) in [5.41, 5.74) is 4.41. The van der Waals surface area contributed by atoms with Gasteiger partial charge in [-0.05, 0) is 36.0 Å². The molecule has 0 bridgehead atoms. The maximum atomic E-state index is 2.32. The Hall–Kier alpha value is -2.34. The highest BCUT2D eigenvalue weighted by Gasteiger charge is 2.30. The van der Waals surface area contributed by atoms with Crippen LogP contribution < -0.4 is 0 Å². The topological polar surface area (TPSA) is 0 Å². The summed E-state index contributed by atoms with van der Waals surface area (Å²) in [6, 6.07) is 32.8. The van der Waals surface area contributed by atoms with E-state index in [4.69, 9.17) is 0 Å². The van der Waals surface area contributed by atoms with Crippen LogP contribution in [0.15, 0.2) is 91.0 Å². The molecule has 116 valence electrons. The van der Waals surface area contributed by atoms with E-state index >= 15 is 0 Å².